The van der Waals surface area contributed by atoms with E-state index in [1.54, 1.807) is 24.5 Å². The number of nitrogens with one attached hydrogen (secondary N) is 1. The molecule has 0 saturated carbocycles. The average Bonchev–Trinajstić information content (AvgIpc) is 3.38. The van der Waals surface area contributed by atoms with Crippen LogP contribution in [-0.2, 0) is 30.7 Å². The number of aromatic nitrogens is 2. The highest BCUT2D eigenvalue weighted by Crippen LogP contribution is 2.30. The van der Waals surface area contributed by atoms with Crippen molar-refractivity contribution < 1.29 is 9.90 Å². The Balaban J connectivity index is 1.08. The molecule has 192 valence electrons. The van der Waals surface area contributed by atoms with Crippen molar-refractivity contribution in [3.63, 3.8) is 0 Å². The fourth-order valence-electron chi connectivity index (χ4n) is 4.39. The Hall–Kier alpha value is -4.23. The molecule has 2 heterocycles. The number of carbonyl (C=O) groups is 1. The van der Waals surface area contributed by atoms with Crippen molar-refractivity contribution in [1.82, 2.24) is 14.9 Å². The maximum absolute atomic E-state index is 12.5. The summed E-state index contributed by atoms with van der Waals surface area (Å²) in [5.41, 5.74) is 5.53. The van der Waals surface area contributed by atoms with Crippen molar-refractivity contribution in [2.75, 3.05) is 0 Å². The maximum atomic E-state index is 12.5. The summed E-state index contributed by atoms with van der Waals surface area (Å²) < 4.78 is 3.07. The van der Waals surface area contributed by atoms with Gasteiger partial charge in [-0.2, -0.15) is 0 Å². The first-order valence-electron chi connectivity index (χ1n) is 12.6. The number of aryl methyl sites for hydroxylation is 2. The van der Waals surface area contributed by atoms with E-state index in [1.807, 2.05) is 47.0 Å². The molecule has 5 aromatic rings. The highest BCUT2D eigenvalue weighted by Gasteiger charge is 2.08. The maximum Gasteiger partial charge on any atom is 0.224 e. The summed E-state index contributed by atoms with van der Waals surface area (Å²) in [4.78, 5) is 28.7. The lowest BCUT2D eigenvalue weighted by molar-refractivity contribution is -0.120. The van der Waals surface area contributed by atoms with Crippen LogP contribution in [0.15, 0.2) is 89.9 Å². The van der Waals surface area contributed by atoms with Gasteiger partial charge in [-0.15, -0.1) is 11.3 Å². The van der Waals surface area contributed by atoms with Crippen LogP contribution in [0, 0.1) is 6.92 Å². The Bertz CT molecular complexity index is 1590. The normalized spacial score (nSPS) is 11.1. The number of rotatable bonds is 9. The molecule has 0 radical (unpaired) electrons. The van der Waals surface area contributed by atoms with E-state index < -0.39 is 0 Å². The molecule has 0 saturated heterocycles. The Morgan fingerprint density at radius 1 is 0.947 bits per heavy atom. The number of benzene rings is 3. The Kier molecular flexibility index (Phi) is 7.65. The molecule has 0 fully saturated rings. The SMILES string of the molecule is Cc1c(O)c(=O)ccn1CCCc1ccc(CC(=O)NCc2ccc(-c3nc4ccccc4s3)cc2)cc1. The van der Waals surface area contributed by atoms with Crippen LogP contribution in [0.3, 0.4) is 0 Å². The molecule has 2 N–H and O–H groups in total. The van der Waals surface area contributed by atoms with Gasteiger partial charge in [0.2, 0.25) is 11.3 Å². The van der Waals surface area contributed by atoms with Crippen LogP contribution in [0.2, 0.25) is 0 Å². The van der Waals surface area contributed by atoms with Crippen LogP contribution in [0.4, 0.5) is 0 Å². The van der Waals surface area contributed by atoms with Crippen molar-refractivity contribution in [1.29, 1.82) is 0 Å². The largest absolute Gasteiger partial charge is 0.503 e. The van der Waals surface area contributed by atoms with Crippen molar-refractivity contribution in [3.8, 4) is 16.3 Å². The second kappa shape index (κ2) is 11.4. The third-order valence-corrected chi connectivity index (χ3v) is 7.73. The van der Waals surface area contributed by atoms with Crippen molar-refractivity contribution in [3.05, 3.63) is 118 Å². The molecule has 0 unspecified atom stereocenters. The predicted octanol–water partition coefficient (Wildman–Crippen LogP) is 5.63. The lowest BCUT2D eigenvalue weighted by atomic mass is 10.1. The number of thiazole rings is 1. The zero-order valence-corrected chi connectivity index (χ0v) is 22.0. The average molecular weight is 524 g/mol. The third-order valence-electron chi connectivity index (χ3n) is 6.65. The minimum absolute atomic E-state index is 0.0125. The molecule has 5 rings (SSSR count). The van der Waals surface area contributed by atoms with Gasteiger partial charge in [0.15, 0.2) is 5.75 Å². The minimum atomic E-state index is -0.350. The summed E-state index contributed by atoms with van der Waals surface area (Å²) in [6.45, 7) is 2.94. The molecule has 0 aliphatic heterocycles. The van der Waals surface area contributed by atoms with Gasteiger partial charge in [-0.1, -0.05) is 60.7 Å². The van der Waals surface area contributed by atoms with E-state index in [2.05, 4.69) is 35.6 Å². The van der Waals surface area contributed by atoms with Gasteiger partial charge in [0.25, 0.3) is 0 Å². The van der Waals surface area contributed by atoms with E-state index in [0.29, 0.717) is 25.2 Å². The van der Waals surface area contributed by atoms with E-state index in [4.69, 9.17) is 4.98 Å². The summed E-state index contributed by atoms with van der Waals surface area (Å²) in [6, 6.07) is 25.8. The van der Waals surface area contributed by atoms with Gasteiger partial charge >= 0.3 is 0 Å². The molecule has 0 aliphatic carbocycles. The number of hydrogen-bond acceptors (Lipinski definition) is 5. The molecule has 0 spiro atoms. The molecular weight excluding hydrogens is 494 g/mol. The van der Waals surface area contributed by atoms with E-state index in [-0.39, 0.29) is 17.1 Å². The van der Waals surface area contributed by atoms with E-state index in [9.17, 15) is 14.7 Å². The molecule has 0 aliphatic rings. The third kappa shape index (κ3) is 6.01. The molecule has 0 atom stereocenters. The standard InChI is InChI=1S/C31H29N3O3S/c1-21-30(37)27(35)16-18-34(21)17-4-5-22-8-10-23(11-9-22)19-29(36)32-20-24-12-14-25(15-13-24)31-33-26-6-2-3-7-28(26)38-31/h2-3,6-16,18,37H,4-5,17,19-20H2,1H3,(H,32,36). The minimum Gasteiger partial charge on any atom is -0.503 e. The number of aromatic hydroxyl groups is 1. The number of nitrogens with zero attached hydrogens (tertiary/aromatic N) is 2. The second-order valence-corrected chi connectivity index (χ2v) is 10.4. The number of carbonyl (C=O) groups excluding carboxylic acids is 1. The summed E-state index contributed by atoms with van der Waals surface area (Å²) >= 11 is 1.68. The number of amides is 1. The first-order valence-corrected chi connectivity index (χ1v) is 13.5. The van der Waals surface area contributed by atoms with Gasteiger partial charge in [-0.3, -0.25) is 9.59 Å². The van der Waals surface area contributed by atoms with E-state index >= 15 is 0 Å². The van der Waals surface area contributed by atoms with Gasteiger partial charge < -0.3 is 15.0 Å². The lowest BCUT2D eigenvalue weighted by Gasteiger charge is -2.11. The van der Waals surface area contributed by atoms with Gasteiger partial charge in [0.1, 0.15) is 5.01 Å². The van der Waals surface area contributed by atoms with E-state index in [0.717, 1.165) is 40.1 Å². The van der Waals surface area contributed by atoms with Crippen LogP contribution in [0.5, 0.6) is 5.75 Å². The highest BCUT2D eigenvalue weighted by atomic mass is 32.1. The fourth-order valence-corrected chi connectivity index (χ4v) is 5.36. The first kappa shape index (κ1) is 25.4. The molecule has 2 aromatic heterocycles. The topological polar surface area (TPSA) is 84.2 Å². The Morgan fingerprint density at radius 2 is 1.66 bits per heavy atom. The van der Waals surface area contributed by atoms with Gasteiger partial charge in [0.05, 0.1) is 22.3 Å². The van der Waals surface area contributed by atoms with Crippen molar-refractivity contribution in [2.45, 2.75) is 39.3 Å². The number of pyridine rings is 1. The number of fused-ring (bicyclic) bond motifs is 1. The monoisotopic (exact) mass is 523 g/mol. The van der Waals surface area contributed by atoms with Crippen LogP contribution in [-0.4, -0.2) is 20.6 Å². The molecule has 1 amide bonds. The highest BCUT2D eigenvalue weighted by molar-refractivity contribution is 7.21. The fraction of sp³-hybridized carbons (Fsp3) is 0.194. The predicted molar refractivity (Wildman–Crippen MR) is 152 cm³/mol. The summed E-state index contributed by atoms with van der Waals surface area (Å²) in [5, 5.41) is 13.8. The summed E-state index contributed by atoms with van der Waals surface area (Å²) in [6.07, 6.45) is 3.79. The van der Waals surface area contributed by atoms with Gasteiger partial charge in [-0.25, -0.2) is 4.98 Å². The van der Waals surface area contributed by atoms with E-state index in [1.165, 1.54) is 16.3 Å². The van der Waals surface area contributed by atoms with Crippen LogP contribution < -0.4 is 10.7 Å². The lowest BCUT2D eigenvalue weighted by Crippen LogP contribution is -2.24. The van der Waals surface area contributed by atoms with Crippen LogP contribution >= 0.6 is 11.3 Å². The zero-order valence-electron chi connectivity index (χ0n) is 21.2. The Morgan fingerprint density at radius 3 is 2.42 bits per heavy atom. The Labute approximate surface area is 225 Å². The second-order valence-electron chi connectivity index (χ2n) is 9.36. The smallest absolute Gasteiger partial charge is 0.224 e. The molecule has 0 bridgehead atoms. The molecular formula is C31H29N3O3S. The van der Waals surface area contributed by atoms with Gasteiger partial charge in [-0.05, 0) is 48.6 Å². The molecule has 6 nitrogen and oxygen atoms in total. The van der Waals surface area contributed by atoms with Crippen LogP contribution in [0.1, 0.15) is 28.8 Å². The quantitative estimate of drug-likeness (QED) is 0.262. The van der Waals surface area contributed by atoms with Crippen LogP contribution in [0.25, 0.3) is 20.8 Å². The summed E-state index contributed by atoms with van der Waals surface area (Å²) in [5.74, 6) is -0.196. The zero-order chi connectivity index (χ0) is 26.5. The van der Waals surface area contributed by atoms with Gasteiger partial charge in [0, 0.05) is 30.9 Å². The number of para-hydroxylation sites is 1. The number of hydrogen-bond donors (Lipinski definition) is 2. The van der Waals surface area contributed by atoms with Crippen molar-refractivity contribution in [2.24, 2.45) is 0 Å². The molecule has 3 aromatic carbocycles. The molecule has 7 heteroatoms. The molecule has 38 heavy (non-hydrogen) atoms. The van der Waals surface area contributed by atoms with Crippen molar-refractivity contribution >= 4 is 27.5 Å². The first-order chi connectivity index (χ1) is 18.5. The summed E-state index contributed by atoms with van der Waals surface area (Å²) in [7, 11) is 0.